The Kier molecular flexibility index (Phi) is 7.88. The van der Waals surface area contributed by atoms with Crippen molar-refractivity contribution in [2.45, 2.75) is 13.1 Å². The predicted octanol–water partition coefficient (Wildman–Crippen LogP) is 6.53. The molecule has 2 N–H and O–H groups in total. The number of nitriles is 1. The van der Waals surface area contributed by atoms with Gasteiger partial charge in [0.25, 0.3) is 0 Å². The van der Waals surface area contributed by atoms with Gasteiger partial charge in [0.15, 0.2) is 0 Å². The Morgan fingerprint density at radius 3 is 2.51 bits per heavy atom. The molecule has 0 saturated carbocycles. The summed E-state index contributed by atoms with van der Waals surface area (Å²) in [7, 11) is 1.86. The number of benzene rings is 3. The number of carbonyl (C=O) groups excluding carboxylic acids is 1. The van der Waals surface area contributed by atoms with E-state index in [0.29, 0.717) is 47.5 Å². The van der Waals surface area contributed by atoms with Crippen LogP contribution in [0.5, 0.6) is 0 Å². The molecule has 3 aromatic heterocycles. The topological polar surface area (TPSA) is 137 Å². The van der Waals surface area contributed by atoms with Gasteiger partial charge in [-0.15, -0.1) is 0 Å². The molecule has 0 fully saturated rings. The molecule has 0 atom stereocenters. The summed E-state index contributed by atoms with van der Waals surface area (Å²) in [6.07, 6.45) is 8.78. The summed E-state index contributed by atoms with van der Waals surface area (Å²) in [4.78, 5) is 33.2. The Hall–Kier alpha value is -6.67. The van der Waals surface area contributed by atoms with Gasteiger partial charge in [-0.1, -0.05) is 42.5 Å². The van der Waals surface area contributed by atoms with Gasteiger partial charge in [0.2, 0.25) is 5.95 Å². The first-order valence-corrected chi connectivity index (χ1v) is 14.9. The van der Waals surface area contributed by atoms with Crippen molar-refractivity contribution in [3.8, 4) is 28.5 Å². The number of aryl methyl sites for hydroxylation is 1. The van der Waals surface area contributed by atoms with E-state index in [1.54, 1.807) is 17.1 Å². The van der Waals surface area contributed by atoms with Crippen LogP contribution in [0.4, 0.5) is 27.9 Å². The van der Waals surface area contributed by atoms with E-state index in [2.05, 4.69) is 41.7 Å². The van der Waals surface area contributed by atoms with Crippen LogP contribution in [0, 0.1) is 11.3 Å². The molecule has 11 heteroatoms. The molecule has 11 nitrogen and oxygen atoms in total. The van der Waals surface area contributed by atoms with Gasteiger partial charge in [0.1, 0.15) is 11.9 Å². The molecule has 1 aliphatic rings. The van der Waals surface area contributed by atoms with Crippen LogP contribution < -0.4 is 15.5 Å². The zero-order valence-electron chi connectivity index (χ0n) is 25.4. The fourth-order valence-electron chi connectivity index (χ4n) is 5.29. The number of aromatic nitrogens is 5. The van der Waals surface area contributed by atoms with Crippen LogP contribution in [0.15, 0.2) is 115 Å². The van der Waals surface area contributed by atoms with Crippen molar-refractivity contribution in [3.63, 3.8) is 0 Å². The number of hydrogen-bond donors (Lipinski definition) is 2. The molecule has 0 aliphatic carbocycles. The highest BCUT2D eigenvalue weighted by molar-refractivity contribution is 5.98. The van der Waals surface area contributed by atoms with E-state index < -0.39 is 0 Å². The predicted molar refractivity (Wildman–Crippen MR) is 180 cm³/mol. The van der Waals surface area contributed by atoms with Gasteiger partial charge < -0.3 is 10.6 Å². The fraction of sp³-hybridized carbons (Fsp3) is 0.0833. The summed E-state index contributed by atoms with van der Waals surface area (Å²) < 4.78 is 1.73. The molecule has 4 heterocycles. The van der Waals surface area contributed by atoms with Gasteiger partial charge in [0.05, 0.1) is 35.9 Å². The van der Waals surface area contributed by atoms with Crippen LogP contribution in [0.3, 0.4) is 0 Å². The SMILES string of the molecule is Cn1cc(-c2ccc(N(C(=O)NCc3ccccc3)c3ccc(Nc4ncc(C#N)c(-c5ccc6c(c5)CN=C6)n4)cc3)nc2)cn1. The fourth-order valence-corrected chi connectivity index (χ4v) is 5.29. The molecule has 2 amide bonds. The van der Waals surface area contributed by atoms with Crippen LogP contribution >= 0.6 is 0 Å². The lowest BCUT2D eigenvalue weighted by Gasteiger charge is -2.23. The Balaban J connectivity index is 1.14. The summed E-state index contributed by atoms with van der Waals surface area (Å²) in [5.41, 5.74) is 8.03. The molecule has 0 unspecified atom stereocenters. The third kappa shape index (κ3) is 6.29. The third-order valence-electron chi connectivity index (χ3n) is 7.70. The summed E-state index contributed by atoms with van der Waals surface area (Å²) in [5, 5.41) is 20.2. The Labute approximate surface area is 270 Å². The minimum atomic E-state index is -0.323. The van der Waals surface area contributed by atoms with Crippen molar-refractivity contribution in [2.75, 3.05) is 10.2 Å². The first kappa shape index (κ1) is 29.1. The van der Waals surface area contributed by atoms with Gasteiger partial charge in [-0.3, -0.25) is 9.67 Å². The minimum Gasteiger partial charge on any atom is -0.333 e. The lowest BCUT2D eigenvalue weighted by molar-refractivity contribution is 0.248. The highest BCUT2D eigenvalue weighted by Gasteiger charge is 2.20. The van der Waals surface area contributed by atoms with Crippen molar-refractivity contribution in [1.29, 1.82) is 5.26 Å². The molecule has 0 saturated heterocycles. The summed E-state index contributed by atoms with van der Waals surface area (Å²) in [6, 6.07) is 28.6. The van der Waals surface area contributed by atoms with Crippen molar-refractivity contribution in [1.82, 2.24) is 30.0 Å². The molecule has 3 aromatic carbocycles. The lowest BCUT2D eigenvalue weighted by atomic mass is 10.0. The minimum absolute atomic E-state index is 0.323. The molecule has 0 bridgehead atoms. The lowest BCUT2D eigenvalue weighted by Crippen LogP contribution is -2.37. The smallest absolute Gasteiger partial charge is 0.327 e. The zero-order chi connectivity index (χ0) is 32.2. The largest absolute Gasteiger partial charge is 0.333 e. The molecule has 228 valence electrons. The summed E-state index contributed by atoms with van der Waals surface area (Å²) in [6.45, 7) is 0.970. The monoisotopic (exact) mass is 616 g/mol. The molecule has 0 spiro atoms. The van der Waals surface area contributed by atoms with Crippen LogP contribution in [-0.2, 0) is 20.1 Å². The first-order chi connectivity index (χ1) is 23.0. The number of hydrogen-bond acceptors (Lipinski definition) is 8. The molecule has 7 rings (SSSR count). The zero-order valence-corrected chi connectivity index (χ0v) is 25.4. The molecular weight excluding hydrogens is 588 g/mol. The second kappa shape index (κ2) is 12.7. The van der Waals surface area contributed by atoms with Gasteiger partial charge in [-0.05, 0) is 59.2 Å². The standard InChI is InChI=1S/C36H28N10O/c1-45-23-30(22-42-45)27-9-14-33(39-20-27)46(36(47)41-17-24-5-3-2-4-6-24)32-12-10-31(11-13-32)43-35-40-21-29(16-37)34(44-35)25-7-8-26-18-38-19-28(26)15-25/h2-15,18,20-23H,17,19H2,1H3,(H,41,47)(H,40,43,44). The Morgan fingerprint density at radius 1 is 0.936 bits per heavy atom. The van der Waals surface area contributed by atoms with Crippen molar-refractivity contribution in [3.05, 3.63) is 132 Å². The third-order valence-corrected chi connectivity index (χ3v) is 7.70. The number of amides is 2. The summed E-state index contributed by atoms with van der Waals surface area (Å²) >= 11 is 0. The van der Waals surface area contributed by atoms with Crippen molar-refractivity contribution in [2.24, 2.45) is 12.0 Å². The van der Waals surface area contributed by atoms with Crippen LogP contribution in [0.25, 0.3) is 22.4 Å². The van der Waals surface area contributed by atoms with Gasteiger partial charge >= 0.3 is 6.03 Å². The van der Waals surface area contributed by atoms with Gasteiger partial charge in [0, 0.05) is 54.6 Å². The normalized spacial score (nSPS) is 11.5. The maximum Gasteiger partial charge on any atom is 0.327 e. The molecule has 47 heavy (non-hydrogen) atoms. The van der Waals surface area contributed by atoms with E-state index in [0.717, 1.165) is 33.4 Å². The Bertz CT molecular complexity index is 2130. The number of rotatable bonds is 8. The van der Waals surface area contributed by atoms with E-state index in [4.69, 9.17) is 0 Å². The number of aliphatic imine (C=N–C) groups is 1. The maximum absolute atomic E-state index is 13.6. The highest BCUT2D eigenvalue weighted by atomic mass is 16.2. The number of carbonyl (C=O) groups is 1. The number of nitrogens with zero attached hydrogens (tertiary/aromatic N) is 8. The first-order valence-electron chi connectivity index (χ1n) is 14.9. The average Bonchev–Trinajstić information content (AvgIpc) is 3.77. The van der Waals surface area contributed by atoms with E-state index in [-0.39, 0.29) is 6.03 Å². The number of nitrogens with one attached hydrogen (secondary N) is 2. The summed E-state index contributed by atoms with van der Waals surface area (Å²) in [5.74, 6) is 0.803. The number of pyridine rings is 1. The van der Waals surface area contributed by atoms with E-state index in [9.17, 15) is 10.1 Å². The second-order valence-electron chi connectivity index (χ2n) is 10.9. The molecule has 0 radical (unpaired) electrons. The van der Waals surface area contributed by atoms with Crippen LogP contribution in [0.2, 0.25) is 0 Å². The molecular formula is C36H28N10O. The maximum atomic E-state index is 13.6. The molecule has 6 aromatic rings. The van der Waals surface area contributed by atoms with Gasteiger partial charge in [-0.25, -0.2) is 24.6 Å². The number of anilines is 4. The van der Waals surface area contributed by atoms with Crippen molar-refractivity contribution >= 4 is 35.4 Å². The number of fused-ring (bicyclic) bond motifs is 1. The second-order valence-corrected chi connectivity index (χ2v) is 10.9. The van der Waals surface area contributed by atoms with E-state index in [1.807, 2.05) is 104 Å². The molecule has 1 aliphatic heterocycles. The van der Waals surface area contributed by atoms with Crippen molar-refractivity contribution < 1.29 is 4.79 Å². The van der Waals surface area contributed by atoms with Crippen LogP contribution in [0.1, 0.15) is 22.3 Å². The van der Waals surface area contributed by atoms with E-state index in [1.165, 1.54) is 11.1 Å². The Morgan fingerprint density at radius 2 is 1.77 bits per heavy atom. The number of urea groups is 1. The average molecular weight is 617 g/mol. The highest BCUT2D eigenvalue weighted by Crippen LogP contribution is 2.30. The van der Waals surface area contributed by atoms with Crippen LogP contribution in [-0.4, -0.2) is 37.0 Å². The van der Waals surface area contributed by atoms with Gasteiger partial charge in [-0.2, -0.15) is 10.4 Å². The van der Waals surface area contributed by atoms with E-state index >= 15 is 0 Å². The quantitative estimate of drug-likeness (QED) is 0.198.